The number of amides is 1. The van der Waals surface area contributed by atoms with Crippen molar-refractivity contribution >= 4 is 32.5 Å². The Morgan fingerprint density at radius 2 is 1.61 bits per heavy atom. The number of anilines is 1. The normalized spacial score (nSPS) is 11.3. The molecule has 0 saturated heterocycles. The first-order valence-electron chi connectivity index (χ1n) is 9.11. The van der Waals surface area contributed by atoms with Crippen molar-refractivity contribution in [2.24, 2.45) is 0 Å². The number of nitrogens with one attached hydrogen (secondary N) is 1. The number of carbonyl (C=O) groups excluding carboxylic acids is 1. The Labute approximate surface area is 177 Å². The second-order valence-corrected chi connectivity index (χ2v) is 8.69. The van der Waals surface area contributed by atoms with Crippen molar-refractivity contribution in [3.63, 3.8) is 0 Å². The summed E-state index contributed by atoms with van der Waals surface area (Å²) in [5.41, 5.74) is 1.16. The van der Waals surface area contributed by atoms with Gasteiger partial charge in [-0.1, -0.05) is 18.2 Å². The lowest BCUT2D eigenvalue weighted by Gasteiger charge is -2.12. The fourth-order valence-corrected chi connectivity index (χ4v) is 3.48. The van der Waals surface area contributed by atoms with Crippen LogP contribution in [0.15, 0.2) is 77.7 Å². The molecule has 0 radical (unpaired) electrons. The Morgan fingerprint density at radius 3 is 2.29 bits per heavy atom. The molecule has 1 heterocycles. The zero-order valence-corrected chi connectivity index (χ0v) is 17.1. The summed E-state index contributed by atoms with van der Waals surface area (Å²) in [7, 11) is -3.44. The molecule has 1 N–H and O–H groups in total. The van der Waals surface area contributed by atoms with Gasteiger partial charge in [-0.3, -0.25) is 4.79 Å². The van der Waals surface area contributed by atoms with E-state index in [4.69, 9.17) is 4.74 Å². The first-order chi connectivity index (χ1) is 14.8. The topological polar surface area (TPSA) is 98.2 Å². The summed E-state index contributed by atoms with van der Waals surface area (Å²) >= 11 is 0. The molecule has 4 rings (SSSR count). The van der Waals surface area contributed by atoms with E-state index in [1.165, 1.54) is 42.5 Å². The molecule has 3 aromatic carbocycles. The number of sulfone groups is 1. The van der Waals surface area contributed by atoms with Crippen LogP contribution >= 0.6 is 0 Å². The van der Waals surface area contributed by atoms with Crippen LogP contribution in [-0.4, -0.2) is 30.5 Å². The van der Waals surface area contributed by atoms with E-state index in [0.717, 1.165) is 6.26 Å². The van der Waals surface area contributed by atoms with Gasteiger partial charge in [-0.15, -0.1) is 0 Å². The summed E-state index contributed by atoms with van der Waals surface area (Å²) in [6.45, 7) is 0. The summed E-state index contributed by atoms with van der Waals surface area (Å²) in [6, 6.07) is 18.1. The first-order valence-corrected chi connectivity index (χ1v) is 11.0. The van der Waals surface area contributed by atoms with Crippen LogP contribution in [0.5, 0.6) is 11.6 Å². The van der Waals surface area contributed by atoms with Crippen molar-refractivity contribution in [2.75, 3.05) is 11.6 Å². The van der Waals surface area contributed by atoms with Gasteiger partial charge in [0.25, 0.3) is 11.8 Å². The minimum Gasteiger partial charge on any atom is -0.437 e. The summed E-state index contributed by atoms with van der Waals surface area (Å²) in [5.74, 6) is -0.858. The molecule has 156 valence electrons. The monoisotopic (exact) mass is 437 g/mol. The van der Waals surface area contributed by atoms with Gasteiger partial charge < -0.3 is 10.1 Å². The third-order valence-electron chi connectivity index (χ3n) is 4.30. The lowest BCUT2D eigenvalue weighted by molar-refractivity contribution is 0.101. The Kier molecular flexibility index (Phi) is 5.35. The van der Waals surface area contributed by atoms with Crippen LogP contribution in [0.4, 0.5) is 10.1 Å². The number of rotatable bonds is 5. The maximum absolute atomic E-state index is 13.2. The van der Waals surface area contributed by atoms with Crippen LogP contribution in [0.1, 0.15) is 10.5 Å². The first kappa shape index (κ1) is 20.4. The Bertz CT molecular complexity index is 1390. The van der Waals surface area contributed by atoms with Crippen molar-refractivity contribution in [3.8, 4) is 11.6 Å². The van der Waals surface area contributed by atoms with E-state index in [2.05, 4.69) is 15.3 Å². The molecule has 0 saturated carbocycles. The standard InChI is InChI=1S/C22H16FN3O4S/c1-31(28,29)17-6-4-5-15(13-17)24-21(27)20-22(30-16-11-9-14(23)10-12-16)26-19-8-3-2-7-18(19)25-20/h2-13H,1H3,(H,24,27). The molecular formula is C22H16FN3O4S. The second-order valence-electron chi connectivity index (χ2n) is 6.68. The van der Waals surface area contributed by atoms with E-state index in [-0.39, 0.29) is 27.9 Å². The van der Waals surface area contributed by atoms with Crippen LogP contribution in [0, 0.1) is 5.82 Å². The van der Waals surface area contributed by atoms with E-state index in [1.807, 2.05) is 0 Å². The van der Waals surface area contributed by atoms with E-state index >= 15 is 0 Å². The average molecular weight is 437 g/mol. The van der Waals surface area contributed by atoms with Gasteiger partial charge in [-0.05, 0) is 54.6 Å². The molecule has 9 heteroatoms. The van der Waals surface area contributed by atoms with Gasteiger partial charge >= 0.3 is 0 Å². The predicted octanol–water partition coefficient (Wildman–Crippen LogP) is 4.22. The van der Waals surface area contributed by atoms with Gasteiger partial charge in [-0.25, -0.2) is 22.8 Å². The van der Waals surface area contributed by atoms with Crippen molar-refractivity contribution in [1.82, 2.24) is 9.97 Å². The van der Waals surface area contributed by atoms with Crippen LogP contribution < -0.4 is 10.1 Å². The van der Waals surface area contributed by atoms with Crippen LogP contribution in [0.2, 0.25) is 0 Å². The minimum absolute atomic E-state index is 0.0673. The summed E-state index contributed by atoms with van der Waals surface area (Å²) in [6.07, 6.45) is 1.08. The highest BCUT2D eigenvalue weighted by Gasteiger charge is 2.20. The molecule has 0 spiro atoms. The molecular weight excluding hydrogens is 421 g/mol. The lowest BCUT2D eigenvalue weighted by atomic mass is 10.2. The van der Waals surface area contributed by atoms with Crippen LogP contribution in [0.25, 0.3) is 11.0 Å². The number of para-hydroxylation sites is 2. The number of benzene rings is 3. The molecule has 0 atom stereocenters. The number of carbonyl (C=O) groups is 1. The SMILES string of the molecule is CS(=O)(=O)c1cccc(NC(=O)c2nc3ccccc3nc2Oc2ccc(F)cc2)c1. The Hall–Kier alpha value is -3.85. The maximum Gasteiger partial charge on any atom is 0.279 e. The number of nitrogens with zero attached hydrogens (tertiary/aromatic N) is 2. The molecule has 0 unspecified atom stereocenters. The molecule has 0 aliphatic rings. The van der Waals surface area contributed by atoms with Gasteiger partial charge in [0.05, 0.1) is 15.9 Å². The van der Waals surface area contributed by atoms with Crippen molar-refractivity contribution in [1.29, 1.82) is 0 Å². The van der Waals surface area contributed by atoms with E-state index in [0.29, 0.717) is 11.0 Å². The Morgan fingerprint density at radius 1 is 0.935 bits per heavy atom. The summed E-state index contributed by atoms with van der Waals surface area (Å²) < 4.78 is 42.5. The highest BCUT2D eigenvalue weighted by atomic mass is 32.2. The molecule has 31 heavy (non-hydrogen) atoms. The fraction of sp³-hybridized carbons (Fsp3) is 0.0455. The molecule has 0 bridgehead atoms. The Balaban J connectivity index is 1.72. The summed E-state index contributed by atoms with van der Waals surface area (Å²) in [4.78, 5) is 21.8. The molecule has 0 aliphatic carbocycles. The van der Waals surface area contributed by atoms with Gasteiger partial charge in [0.1, 0.15) is 11.6 Å². The van der Waals surface area contributed by atoms with Crippen molar-refractivity contribution < 1.29 is 22.3 Å². The van der Waals surface area contributed by atoms with Crippen LogP contribution in [-0.2, 0) is 9.84 Å². The molecule has 4 aromatic rings. The third-order valence-corrected chi connectivity index (χ3v) is 5.41. The van der Waals surface area contributed by atoms with Gasteiger partial charge in [-0.2, -0.15) is 0 Å². The van der Waals surface area contributed by atoms with Crippen molar-refractivity contribution in [3.05, 3.63) is 84.3 Å². The zero-order chi connectivity index (χ0) is 22.0. The molecule has 0 aliphatic heterocycles. The summed E-state index contributed by atoms with van der Waals surface area (Å²) in [5, 5.41) is 2.62. The number of fused-ring (bicyclic) bond motifs is 1. The third kappa shape index (κ3) is 4.67. The molecule has 0 fully saturated rings. The average Bonchev–Trinajstić information content (AvgIpc) is 2.74. The molecule has 1 amide bonds. The van der Waals surface area contributed by atoms with Gasteiger partial charge in [0, 0.05) is 11.9 Å². The van der Waals surface area contributed by atoms with E-state index in [1.54, 1.807) is 30.3 Å². The largest absolute Gasteiger partial charge is 0.437 e. The lowest BCUT2D eigenvalue weighted by Crippen LogP contribution is -2.16. The maximum atomic E-state index is 13.2. The van der Waals surface area contributed by atoms with Crippen molar-refractivity contribution in [2.45, 2.75) is 4.90 Å². The molecule has 1 aromatic heterocycles. The number of halogens is 1. The number of hydrogen-bond acceptors (Lipinski definition) is 6. The fourth-order valence-electron chi connectivity index (χ4n) is 2.81. The number of hydrogen-bond donors (Lipinski definition) is 1. The van der Waals surface area contributed by atoms with E-state index in [9.17, 15) is 17.6 Å². The second kappa shape index (κ2) is 8.11. The van der Waals surface area contributed by atoms with Gasteiger partial charge in [0.15, 0.2) is 15.5 Å². The number of ether oxygens (including phenoxy) is 1. The zero-order valence-electron chi connectivity index (χ0n) is 16.2. The quantitative estimate of drug-likeness (QED) is 0.502. The van der Waals surface area contributed by atoms with Gasteiger partial charge in [0.2, 0.25) is 0 Å². The number of aromatic nitrogens is 2. The molecule has 7 nitrogen and oxygen atoms in total. The highest BCUT2D eigenvalue weighted by molar-refractivity contribution is 7.90. The highest BCUT2D eigenvalue weighted by Crippen LogP contribution is 2.26. The van der Waals surface area contributed by atoms with E-state index < -0.39 is 21.6 Å². The van der Waals surface area contributed by atoms with Crippen LogP contribution in [0.3, 0.4) is 0 Å². The minimum atomic E-state index is -3.44. The smallest absolute Gasteiger partial charge is 0.279 e. The predicted molar refractivity (Wildman–Crippen MR) is 114 cm³/mol.